The summed E-state index contributed by atoms with van der Waals surface area (Å²) < 4.78 is 78.8. The highest BCUT2D eigenvalue weighted by molar-refractivity contribution is 5.68. The summed E-state index contributed by atoms with van der Waals surface area (Å²) in [6.07, 6.45) is -1.52. The van der Waals surface area contributed by atoms with Gasteiger partial charge in [0.25, 0.3) is 0 Å². The molecule has 3 aromatic rings. The fourth-order valence-electron chi connectivity index (χ4n) is 2.41. The average molecular weight is 354 g/mol. The van der Waals surface area contributed by atoms with Gasteiger partial charge in [0, 0.05) is 6.20 Å². The summed E-state index contributed by atoms with van der Waals surface area (Å²) in [5.41, 5.74) is -1.91. The molecule has 0 aliphatic rings. The molecule has 0 radical (unpaired) electrons. The maximum Gasteiger partial charge on any atom is 0.420 e. The molecular weight excluding hydrogens is 346 g/mol. The molecule has 25 heavy (non-hydrogen) atoms. The number of alkyl halides is 6. The summed E-state index contributed by atoms with van der Waals surface area (Å²) >= 11 is 0. The van der Waals surface area contributed by atoms with E-state index in [0.29, 0.717) is 0 Å². The molecule has 0 aliphatic carbocycles. The van der Waals surface area contributed by atoms with Gasteiger partial charge in [0.05, 0.1) is 17.3 Å². The maximum atomic E-state index is 13.3. The summed E-state index contributed by atoms with van der Waals surface area (Å²) in [6.45, 7) is 0. The standard InChI is InChI=1S/C17H8F6N2/c1-2-13-8-24-15-14(17(21,22)23)7-11(9-25(13)15)10-3-5-12(6-4-10)16(18,19)20/h1,3-9H. The number of terminal acetylenes is 1. The third-order valence-corrected chi connectivity index (χ3v) is 3.60. The van der Waals surface area contributed by atoms with E-state index >= 15 is 0 Å². The van der Waals surface area contributed by atoms with Crippen molar-refractivity contribution in [2.75, 3.05) is 0 Å². The highest BCUT2D eigenvalue weighted by Crippen LogP contribution is 2.36. The number of hydrogen-bond donors (Lipinski definition) is 0. The predicted molar refractivity (Wildman–Crippen MR) is 78.6 cm³/mol. The Morgan fingerprint density at radius 2 is 1.56 bits per heavy atom. The minimum absolute atomic E-state index is 0.0723. The van der Waals surface area contributed by atoms with Crippen molar-refractivity contribution in [3.8, 4) is 23.5 Å². The van der Waals surface area contributed by atoms with Gasteiger partial charge in [-0.15, -0.1) is 6.42 Å². The summed E-state index contributed by atoms with van der Waals surface area (Å²) in [4.78, 5) is 3.69. The van der Waals surface area contributed by atoms with Gasteiger partial charge in [0.2, 0.25) is 0 Å². The van der Waals surface area contributed by atoms with Crippen LogP contribution in [0.25, 0.3) is 16.8 Å². The van der Waals surface area contributed by atoms with Gasteiger partial charge in [-0.25, -0.2) is 4.98 Å². The molecule has 128 valence electrons. The molecule has 2 aromatic heterocycles. The van der Waals surface area contributed by atoms with Crippen molar-refractivity contribution in [2.24, 2.45) is 0 Å². The first kappa shape index (κ1) is 16.9. The maximum absolute atomic E-state index is 13.3. The number of fused-ring (bicyclic) bond motifs is 1. The molecule has 8 heteroatoms. The van der Waals surface area contributed by atoms with E-state index in [9.17, 15) is 26.3 Å². The summed E-state index contributed by atoms with van der Waals surface area (Å²) in [5.74, 6) is 2.22. The van der Waals surface area contributed by atoms with Gasteiger partial charge >= 0.3 is 12.4 Å². The van der Waals surface area contributed by atoms with E-state index in [0.717, 1.165) is 40.9 Å². The largest absolute Gasteiger partial charge is 0.420 e. The van der Waals surface area contributed by atoms with Crippen molar-refractivity contribution in [3.63, 3.8) is 0 Å². The Morgan fingerprint density at radius 1 is 0.920 bits per heavy atom. The minimum atomic E-state index is -4.69. The van der Waals surface area contributed by atoms with E-state index in [2.05, 4.69) is 10.9 Å². The fourth-order valence-corrected chi connectivity index (χ4v) is 2.41. The normalized spacial score (nSPS) is 12.4. The second-order valence-electron chi connectivity index (χ2n) is 5.20. The van der Waals surface area contributed by atoms with Crippen LogP contribution in [0.1, 0.15) is 16.8 Å². The molecule has 0 N–H and O–H groups in total. The first-order valence-corrected chi connectivity index (χ1v) is 6.84. The van der Waals surface area contributed by atoms with Crippen LogP contribution < -0.4 is 0 Å². The highest BCUT2D eigenvalue weighted by Gasteiger charge is 2.35. The Morgan fingerprint density at radius 3 is 2.08 bits per heavy atom. The summed E-state index contributed by atoms with van der Waals surface area (Å²) in [7, 11) is 0. The number of rotatable bonds is 1. The summed E-state index contributed by atoms with van der Waals surface area (Å²) in [5, 5.41) is 0. The van der Waals surface area contributed by atoms with Crippen LogP contribution >= 0.6 is 0 Å². The lowest BCUT2D eigenvalue weighted by molar-refractivity contribution is -0.138. The van der Waals surface area contributed by atoms with Gasteiger partial charge in [0.15, 0.2) is 0 Å². The zero-order valence-electron chi connectivity index (χ0n) is 12.3. The molecule has 0 saturated heterocycles. The van der Waals surface area contributed by atoms with Crippen LogP contribution in [0, 0.1) is 12.3 Å². The van der Waals surface area contributed by atoms with E-state index in [1.165, 1.54) is 6.20 Å². The molecule has 0 fully saturated rings. The Labute approximate surface area is 137 Å². The smallest absolute Gasteiger partial charge is 0.292 e. The average Bonchev–Trinajstić information content (AvgIpc) is 2.95. The first-order valence-electron chi connectivity index (χ1n) is 6.84. The minimum Gasteiger partial charge on any atom is -0.292 e. The molecule has 0 aliphatic heterocycles. The zero-order valence-corrected chi connectivity index (χ0v) is 12.3. The van der Waals surface area contributed by atoms with E-state index in [-0.39, 0.29) is 22.5 Å². The Balaban J connectivity index is 2.21. The van der Waals surface area contributed by atoms with Gasteiger partial charge in [-0.3, -0.25) is 4.40 Å². The molecule has 3 rings (SSSR count). The SMILES string of the molecule is C#Cc1cnc2c(C(F)(F)F)cc(-c3ccc(C(F)(F)F)cc3)cn12. The second-order valence-corrected chi connectivity index (χ2v) is 5.20. The van der Waals surface area contributed by atoms with Gasteiger partial charge < -0.3 is 0 Å². The molecule has 0 spiro atoms. The van der Waals surface area contributed by atoms with Crippen LogP contribution in [0.15, 0.2) is 42.7 Å². The van der Waals surface area contributed by atoms with Gasteiger partial charge in [-0.1, -0.05) is 18.1 Å². The quantitative estimate of drug-likeness (QED) is 0.443. The molecule has 0 unspecified atom stereocenters. The lowest BCUT2D eigenvalue weighted by Gasteiger charge is -2.12. The Hall–Kier alpha value is -2.95. The molecule has 2 heterocycles. The molecule has 0 saturated carbocycles. The van der Waals surface area contributed by atoms with E-state index in [1.54, 1.807) is 0 Å². The van der Waals surface area contributed by atoms with Crippen LogP contribution in [0.4, 0.5) is 26.3 Å². The number of hydrogen-bond acceptors (Lipinski definition) is 1. The van der Waals surface area contributed by atoms with Crippen molar-refractivity contribution in [2.45, 2.75) is 12.4 Å². The van der Waals surface area contributed by atoms with E-state index in [1.807, 2.05) is 0 Å². The summed E-state index contributed by atoms with van der Waals surface area (Å²) in [6, 6.07) is 4.67. The number of aromatic nitrogens is 2. The lowest BCUT2D eigenvalue weighted by Crippen LogP contribution is -2.09. The van der Waals surface area contributed by atoms with Gasteiger partial charge in [-0.2, -0.15) is 26.3 Å². The van der Waals surface area contributed by atoms with Crippen LogP contribution in [-0.2, 0) is 12.4 Å². The van der Waals surface area contributed by atoms with Crippen molar-refractivity contribution in [3.05, 3.63) is 59.5 Å². The highest BCUT2D eigenvalue weighted by atomic mass is 19.4. The monoisotopic (exact) mass is 354 g/mol. The first-order chi connectivity index (χ1) is 11.6. The van der Waals surface area contributed by atoms with Crippen LogP contribution in [-0.4, -0.2) is 9.38 Å². The van der Waals surface area contributed by atoms with Crippen molar-refractivity contribution in [1.29, 1.82) is 0 Å². The van der Waals surface area contributed by atoms with E-state index < -0.39 is 23.5 Å². The molecule has 0 amide bonds. The van der Waals surface area contributed by atoms with Crippen LogP contribution in [0.5, 0.6) is 0 Å². The number of halogens is 6. The number of nitrogens with zero attached hydrogens (tertiary/aromatic N) is 2. The van der Waals surface area contributed by atoms with Crippen LogP contribution in [0.2, 0.25) is 0 Å². The molecule has 0 atom stereocenters. The van der Waals surface area contributed by atoms with Gasteiger partial charge in [0.1, 0.15) is 11.3 Å². The molecule has 0 bridgehead atoms. The predicted octanol–water partition coefficient (Wildman–Crippen LogP) is 5.02. The third kappa shape index (κ3) is 3.05. The molecule has 2 nitrogen and oxygen atoms in total. The van der Waals surface area contributed by atoms with Crippen LogP contribution in [0.3, 0.4) is 0 Å². The molecule has 1 aromatic carbocycles. The van der Waals surface area contributed by atoms with E-state index in [4.69, 9.17) is 6.42 Å². The second kappa shape index (κ2) is 5.55. The number of imidazole rings is 1. The number of pyridine rings is 1. The topological polar surface area (TPSA) is 17.3 Å². The number of benzene rings is 1. The fraction of sp³-hybridized carbons (Fsp3) is 0.118. The lowest BCUT2D eigenvalue weighted by atomic mass is 10.0. The van der Waals surface area contributed by atoms with Crippen molar-refractivity contribution < 1.29 is 26.3 Å². The van der Waals surface area contributed by atoms with Gasteiger partial charge in [-0.05, 0) is 29.3 Å². The van der Waals surface area contributed by atoms with Crippen molar-refractivity contribution >= 4 is 5.65 Å². The Bertz CT molecular complexity index is 972. The molecular formula is C17H8F6N2. The van der Waals surface area contributed by atoms with Crippen molar-refractivity contribution in [1.82, 2.24) is 9.38 Å². The Kier molecular flexibility index (Phi) is 3.75. The third-order valence-electron chi connectivity index (χ3n) is 3.60. The zero-order chi connectivity index (χ0) is 18.4.